The zero-order chi connectivity index (χ0) is 13.9. The van der Waals surface area contributed by atoms with Crippen LogP contribution in [0.1, 0.15) is 15.9 Å². The molecule has 2 N–H and O–H groups in total. The van der Waals surface area contributed by atoms with Crippen LogP contribution in [0.5, 0.6) is 0 Å². The lowest BCUT2D eigenvalue weighted by Gasteiger charge is -2.08. The van der Waals surface area contributed by atoms with Crippen molar-refractivity contribution >= 4 is 17.7 Å². The third kappa shape index (κ3) is 2.94. The highest BCUT2D eigenvalue weighted by molar-refractivity contribution is 5.95. The number of hydrogen-bond acceptors (Lipinski definition) is 4. The van der Waals surface area contributed by atoms with E-state index in [1.165, 1.54) is 11.4 Å². The number of pyridine rings is 1. The lowest BCUT2D eigenvalue weighted by atomic mass is 10.2. The Hall–Kier alpha value is -2.63. The average Bonchev–Trinajstić information content (AvgIpc) is 2.27. The van der Waals surface area contributed by atoms with Gasteiger partial charge in [-0.2, -0.15) is 18.4 Å². The topological polar surface area (TPSA) is 103 Å². The van der Waals surface area contributed by atoms with E-state index in [2.05, 4.69) is 4.98 Å². The molecule has 0 saturated carbocycles. The van der Waals surface area contributed by atoms with Crippen molar-refractivity contribution in [2.45, 2.75) is 6.18 Å². The normalized spacial score (nSPS) is 10.6. The monoisotopic (exact) mass is 259 g/mol. The quantitative estimate of drug-likeness (QED) is 0.829. The van der Waals surface area contributed by atoms with Crippen LogP contribution >= 0.6 is 0 Å². The maximum absolute atomic E-state index is 12.0. The van der Waals surface area contributed by atoms with Gasteiger partial charge in [-0.15, -0.1) is 0 Å². The first-order chi connectivity index (χ1) is 8.25. The Morgan fingerprint density at radius 1 is 1.44 bits per heavy atom. The van der Waals surface area contributed by atoms with E-state index in [1.54, 1.807) is 0 Å². The molecule has 0 saturated heterocycles. The van der Waals surface area contributed by atoms with Crippen LogP contribution in [0.3, 0.4) is 0 Å². The molecular weight excluding hydrogens is 255 g/mol. The van der Waals surface area contributed by atoms with Crippen molar-refractivity contribution in [3.63, 3.8) is 0 Å². The Morgan fingerprint density at radius 2 is 2.06 bits per heavy atom. The van der Waals surface area contributed by atoms with Crippen LogP contribution < -0.4 is 5.32 Å². The van der Waals surface area contributed by atoms with E-state index >= 15 is 0 Å². The van der Waals surface area contributed by atoms with Crippen molar-refractivity contribution in [2.24, 2.45) is 0 Å². The lowest BCUT2D eigenvalue weighted by Crippen LogP contribution is -2.30. The summed E-state index contributed by atoms with van der Waals surface area (Å²) < 4.78 is 35.9. The summed E-state index contributed by atoms with van der Waals surface area (Å²) >= 11 is 0. The molecule has 0 aromatic carbocycles. The molecule has 6 nitrogen and oxygen atoms in total. The van der Waals surface area contributed by atoms with E-state index in [-0.39, 0.29) is 5.56 Å². The van der Waals surface area contributed by atoms with E-state index < -0.39 is 29.4 Å². The first kappa shape index (κ1) is 13.4. The summed E-state index contributed by atoms with van der Waals surface area (Å²) in [6.45, 7) is 0. The summed E-state index contributed by atoms with van der Waals surface area (Å²) in [5, 5.41) is 18.6. The Kier molecular flexibility index (Phi) is 3.51. The number of rotatable bonds is 2. The number of carboxylic acid groups (broad SMARTS) is 1. The zero-order valence-electron chi connectivity index (χ0n) is 8.45. The highest BCUT2D eigenvalue weighted by Gasteiger charge is 2.39. The van der Waals surface area contributed by atoms with Crippen molar-refractivity contribution in [2.75, 3.05) is 5.32 Å². The summed E-state index contributed by atoms with van der Waals surface area (Å²) in [4.78, 5) is 24.5. The number of aromatic carboxylic acids is 1. The molecule has 0 fully saturated rings. The minimum atomic E-state index is -5.13. The van der Waals surface area contributed by atoms with Crippen molar-refractivity contribution in [3.05, 3.63) is 23.4 Å². The second-order valence-corrected chi connectivity index (χ2v) is 2.99. The van der Waals surface area contributed by atoms with Gasteiger partial charge in [0.2, 0.25) is 0 Å². The number of carboxylic acids is 1. The number of nitrogens with zero attached hydrogens (tertiary/aromatic N) is 2. The molecule has 1 amide bonds. The van der Waals surface area contributed by atoms with Crippen LogP contribution in [-0.4, -0.2) is 28.1 Å². The SMILES string of the molecule is N#Cc1cc(C(=O)O)cnc1NC(=O)C(F)(F)F. The molecule has 0 bridgehead atoms. The molecule has 1 rings (SSSR count). The van der Waals surface area contributed by atoms with Crippen LogP contribution in [0, 0.1) is 11.3 Å². The number of nitrogens with one attached hydrogen (secondary N) is 1. The number of carbonyl (C=O) groups is 2. The molecule has 0 aliphatic heterocycles. The standard InChI is InChI=1S/C9H4F3N3O3/c10-9(11,12)8(18)15-6-4(2-13)1-5(3-14-6)7(16)17/h1,3H,(H,16,17)(H,14,15,18). The second kappa shape index (κ2) is 4.70. The van der Waals surface area contributed by atoms with E-state index in [1.807, 2.05) is 0 Å². The average molecular weight is 259 g/mol. The molecule has 1 aromatic rings. The Morgan fingerprint density at radius 3 is 2.50 bits per heavy atom. The van der Waals surface area contributed by atoms with Gasteiger partial charge in [0.15, 0.2) is 5.82 Å². The van der Waals surface area contributed by atoms with Gasteiger partial charge in [-0.3, -0.25) is 4.79 Å². The molecule has 0 unspecified atom stereocenters. The number of anilines is 1. The first-order valence-electron chi connectivity index (χ1n) is 4.27. The van der Waals surface area contributed by atoms with Gasteiger partial charge in [0, 0.05) is 6.20 Å². The van der Waals surface area contributed by atoms with Crippen molar-refractivity contribution < 1.29 is 27.9 Å². The summed E-state index contributed by atoms with van der Waals surface area (Å²) in [7, 11) is 0. The molecule has 1 heterocycles. The predicted molar refractivity (Wildman–Crippen MR) is 50.6 cm³/mol. The zero-order valence-corrected chi connectivity index (χ0v) is 8.45. The smallest absolute Gasteiger partial charge is 0.471 e. The van der Waals surface area contributed by atoms with Gasteiger partial charge in [-0.05, 0) is 6.07 Å². The van der Waals surface area contributed by atoms with E-state index in [0.717, 1.165) is 12.3 Å². The van der Waals surface area contributed by atoms with Crippen LogP contribution in [0.25, 0.3) is 0 Å². The number of alkyl halides is 3. The Labute approximate surface area is 97.7 Å². The highest BCUT2D eigenvalue weighted by atomic mass is 19.4. The van der Waals surface area contributed by atoms with Crippen molar-refractivity contribution in [3.8, 4) is 6.07 Å². The summed E-state index contributed by atoms with van der Waals surface area (Å²) in [5.41, 5.74) is -0.857. The van der Waals surface area contributed by atoms with E-state index in [0.29, 0.717) is 0 Å². The number of aromatic nitrogens is 1. The summed E-state index contributed by atoms with van der Waals surface area (Å²) in [6.07, 6.45) is -4.39. The van der Waals surface area contributed by atoms with Gasteiger partial charge in [0.25, 0.3) is 0 Å². The highest BCUT2D eigenvalue weighted by Crippen LogP contribution is 2.19. The molecule has 9 heteroatoms. The maximum atomic E-state index is 12.0. The third-order valence-corrected chi connectivity index (χ3v) is 1.74. The molecule has 0 spiro atoms. The molecule has 94 valence electrons. The second-order valence-electron chi connectivity index (χ2n) is 2.99. The number of halogens is 3. The van der Waals surface area contributed by atoms with Crippen LogP contribution in [0.4, 0.5) is 19.0 Å². The van der Waals surface area contributed by atoms with Crippen LogP contribution in [-0.2, 0) is 4.79 Å². The molecular formula is C9H4F3N3O3. The fourth-order valence-electron chi connectivity index (χ4n) is 0.945. The van der Waals surface area contributed by atoms with Crippen LogP contribution in [0.15, 0.2) is 12.3 Å². The van der Waals surface area contributed by atoms with Gasteiger partial charge >= 0.3 is 18.1 Å². The third-order valence-electron chi connectivity index (χ3n) is 1.74. The fourth-order valence-corrected chi connectivity index (χ4v) is 0.945. The molecule has 0 aliphatic rings. The Bertz CT molecular complexity index is 548. The van der Waals surface area contributed by atoms with Crippen molar-refractivity contribution in [1.29, 1.82) is 5.26 Å². The molecule has 1 aromatic heterocycles. The summed E-state index contributed by atoms with van der Waals surface area (Å²) in [6, 6.07) is 2.25. The van der Waals surface area contributed by atoms with Crippen LogP contribution in [0.2, 0.25) is 0 Å². The minimum absolute atomic E-state index is 0.378. The van der Waals surface area contributed by atoms with Crippen molar-refractivity contribution in [1.82, 2.24) is 4.98 Å². The van der Waals surface area contributed by atoms with E-state index in [4.69, 9.17) is 10.4 Å². The van der Waals surface area contributed by atoms with Gasteiger partial charge in [-0.1, -0.05) is 0 Å². The first-order valence-corrected chi connectivity index (χ1v) is 4.27. The summed E-state index contributed by atoms with van der Waals surface area (Å²) in [5.74, 6) is -4.34. The number of carbonyl (C=O) groups excluding carboxylic acids is 1. The largest absolute Gasteiger partial charge is 0.478 e. The molecule has 0 aliphatic carbocycles. The number of amides is 1. The van der Waals surface area contributed by atoms with Gasteiger partial charge in [-0.25, -0.2) is 9.78 Å². The molecule has 0 radical (unpaired) electrons. The van der Waals surface area contributed by atoms with Gasteiger partial charge in [0.1, 0.15) is 6.07 Å². The van der Waals surface area contributed by atoms with Gasteiger partial charge < -0.3 is 10.4 Å². The molecule has 0 atom stereocenters. The minimum Gasteiger partial charge on any atom is -0.478 e. The predicted octanol–water partition coefficient (Wildman–Crippen LogP) is 1.15. The van der Waals surface area contributed by atoms with Gasteiger partial charge in [0.05, 0.1) is 11.1 Å². The Balaban J connectivity index is 3.09. The lowest BCUT2D eigenvalue weighted by molar-refractivity contribution is -0.167. The fraction of sp³-hybridized carbons (Fsp3) is 0.111. The number of nitriles is 1. The molecule has 18 heavy (non-hydrogen) atoms. The van der Waals surface area contributed by atoms with E-state index in [9.17, 15) is 22.8 Å². The number of hydrogen-bond donors (Lipinski definition) is 2. The maximum Gasteiger partial charge on any atom is 0.471 e.